The van der Waals surface area contributed by atoms with E-state index in [9.17, 15) is 4.79 Å². The second-order valence-corrected chi connectivity index (χ2v) is 3.78. The van der Waals surface area contributed by atoms with Gasteiger partial charge < -0.3 is 5.41 Å². The summed E-state index contributed by atoms with van der Waals surface area (Å²) in [5.74, 6) is -0.172. The molecule has 88 valence electrons. The van der Waals surface area contributed by atoms with Crippen molar-refractivity contribution in [2.75, 3.05) is 0 Å². The van der Waals surface area contributed by atoms with Crippen molar-refractivity contribution < 1.29 is 4.79 Å². The van der Waals surface area contributed by atoms with Crippen molar-refractivity contribution in [2.45, 2.75) is 19.9 Å². The SMILES string of the molecule is C=C(C=N)C(N=Nc1ccc(C)cc1)C(C)=O. The highest BCUT2D eigenvalue weighted by molar-refractivity contribution is 5.93. The van der Waals surface area contributed by atoms with Crippen molar-refractivity contribution in [3.05, 3.63) is 42.0 Å². The number of carbonyl (C=O) groups is 1. The number of azo groups is 1. The van der Waals surface area contributed by atoms with E-state index in [0.717, 1.165) is 11.8 Å². The van der Waals surface area contributed by atoms with Crippen LogP contribution in [-0.2, 0) is 4.79 Å². The predicted molar refractivity (Wildman–Crippen MR) is 68.1 cm³/mol. The van der Waals surface area contributed by atoms with Crippen LogP contribution in [0.15, 0.2) is 46.6 Å². The summed E-state index contributed by atoms with van der Waals surface area (Å²) in [5, 5.41) is 15.0. The molecule has 17 heavy (non-hydrogen) atoms. The number of hydrogen-bond donors (Lipinski definition) is 1. The molecule has 0 aromatic heterocycles. The molecule has 0 bridgehead atoms. The Morgan fingerprint density at radius 1 is 1.41 bits per heavy atom. The first-order valence-electron chi connectivity index (χ1n) is 5.22. The summed E-state index contributed by atoms with van der Waals surface area (Å²) in [5.41, 5.74) is 2.16. The van der Waals surface area contributed by atoms with E-state index in [1.165, 1.54) is 6.92 Å². The van der Waals surface area contributed by atoms with Gasteiger partial charge in [-0.05, 0) is 31.6 Å². The van der Waals surface area contributed by atoms with E-state index in [1.54, 1.807) is 0 Å². The van der Waals surface area contributed by atoms with Crippen LogP contribution in [0.3, 0.4) is 0 Å². The maximum atomic E-state index is 11.3. The van der Waals surface area contributed by atoms with Crippen molar-refractivity contribution in [1.82, 2.24) is 0 Å². The van der Waals surface area contributed by atoms with Gasteiger partial charge in [-0.25, -0.2) is 0 Å². The lowest BCUT2D eigenvalue weighted by Crippen LogP contribution is -2.17. The molecule has 4 heteroatoms. The molecule has 0 aliphatic rings. The second kappa shape index (κ2) is 5.84. The van der Waals surface area contributed by atoms with Crippen LogP contribution < -0.4 is 0 Å². The number of hydrogen-bond acceptors (Lipinski definition) is 4. The highest BCUT2D eigenvalue weighted by Gasteiger charge is 2.15. The lowest BCUT2D eigenvalue weighted by Gasteiger charge is -2.05. The van der Waals surface area contributed by atoms with Gasteiger partial charge in [-0.1, -0.05) is 24.3 Å². The van der Waals surface area contributed by atoms with Gasteiger partial charge in [0.15, 0.2) is 11.8 Å². The number of ketones is 1. The Morgan fingerprint density at radius 2 is 2.00 bits per heavy atom. The fourth-order valence-electron chi connectivity index (χ4n) is 1.23. The van der Waals surface area contributed by atoms with E-state index in [1.807, 2.05) is 31.2 Å². The number of rotatable bonds is 5. The summed E-state index contributed by atoms with van der Waals surface area (Å²) in [6, 6.07) is 6.73. The second-order valence-electron chi connectivity index (χ2n) is 3.78. The summed E-state index contributed by atoms with van der Waals surface area (Å²) in [7, 11) is 0. The largest absolute Gasteiger partial charge is 0.308 e. The highest BCUT2D eigenvalue weighted by Crippen LogP contribution is 2.15. The first kappa shape index (κ1) is 13.0. The van der Waals surface area contributed by atoms with E-state index < -0.39 is 6.04 Å². The first-order valence-corrected chi connectivity index (χ1v) is 5.22. The summed E-state index contributed by atoms with van der Waals surface area (Å²) >= 11 is 0. The minimum absolute atomic E-state index is 0.172. The molecule has 0 saturated heterocycles. The number of carbonyl (C=O) groups excluding carboxylic acids is 1. The van der Waals surface area contributed by atoms with Gasteiger partial charge in [0.2, 0.25) is 0 Å². The van der Waals surface area contributed by atoms with Gasteiger partial charge in [0.05, 0.1) is 5.69 Å². The lowest BCUT2D eigenvalue weighted by molar-refractivity contribution is -0.117. The molecule has 4 nitrogen and oxygen atoms in total. The molecule has 0 radical (unpaired) electrons. The molecule has 0 heterocycles. The van der Waals surface area contributed by atoms with Gasteiger partial charge in [0.1, 0.15) is 0 Å². The zero-order chi connectivity index (χ0) is 12.8. The monoisotopic (exact) mass is 229 g/mol. The number of aryl methyl sites for hydroxylation is 1. The Hall–Kier alpha value is -2.10. The van der Waals surface area contributed by atoms with Crippen LogP contribution in [-0.4, -0.2) is 18.0 Å². The van der Waals surface area contributed by atoms with Crippen LogP contribution >= 0.6 is 0 Å². The standard InChI is InChI=1S/C13H15N3O/c1-9-4-6-12(7-5-9)15-16-13(11(3)17)10(2)8-14/h4-8,13-14H,2H2,1,3H3. The maximum absolute atomic E-state index is 11.3. The third kappa shape index (κ3) is 3.75. The van der Waals surface area contributed by atoms with Crippen molar-refractivity contribution >= 4 is 17.7 Å². The van der Waals surface area contributed by atoms with Gasteiger partial charge in [-0.2, -0.15) is 10.2 Å². The maximum Gasteiger partial charge on any atom is 0.160 e. The van der Waals surface area contributed by atoms with Crippen LogP contribution in [0.2, 0.25) is 0 Å². The van der Waals surface area contributed by atoms with Crippen molar-refractivity contribution in [2.24, 2.45) is 10.2 Å². The average molecular weight is 229 g/mol. The summed E-state index contributed by atoms with van der Waals surface area (Å²) in [4.78, 5) is 11.3. The first-order chi connectivity index (χ1) is 8.04. The Morgan fingerprint density at radius 3 is 2.47 bits per heavy atom. The van der Waals surface area contributed by atoms with E-state index in [-0.39, 0.29) is 5.78 Å². The predicted octanol–water partition coefficient (Wildman–Crippen LogP) is 3.24. The zero-order valence-electron chi connectivity index (χ0n) is 9.97. The Balaban J connectivity index is 2.86. The Bertz CT molecular complexity index is 460. The normalized spacial score (nSPS) is 12.4. The molecule has 0 saturated carbocycles. The Kier molecular flexibility index (Phi) is 4.46. The van der Waals surface area contributed by atoms with Gasteiger partial charge in [0, 0.05) is 6.21 Å². The Labute approximate surface area is 101 Å². The van der Waals surface area contributed by atoms with Crippen molar-refractivity contribution in [1.29, 1.82) is 5.41 Å². The quantitative estimate of drug-likeness (QED) is 0.611. The van der Waals surface area contributed by atoms with Gasteiger partial charge >= 0.3 is 0 Å². The number of nitrogens with zero attached hydrogens (tertiary/aromatic N) is 2. The fraction of sp³-hybridized carbons (Fsp3) is 0.231. The van der Waals surface area contributed by atoms with Gasteiger partial charge in [-0.3, -0.25) is 4.79 Å². The number of Topliss-reactive ketones (excluding diaryl/α,β-unsaturated/α-hetero) is 1. The molecule has 1 rings (SSSR count). The van der Waals surface area contributed by atoms with E-state index in [4.69, 9.17) is 5.41 Å². The molecule has 1 aromatic rings. The highest BCUT2D eigenvalue weighted by atomic mass is 16.1. The molecule has 1 aromatic carbocycles. The van der Waals surface area contributed by atoms with Crippen LogP contribution in [0, 0.1) is 12.3 Å². The molecule has 0 amide bonds. The zero-order valence-corrected chi connectivity index (χ0v) is 9.97. The van der Waals surface area contributed by atoms with Gasteiger partial charge in [0.25, 0.3) is 0 Å². The smallest absolute Gasteiger partial charge is 0.160 e. The van der Waals surface area contributed by atoms with E-state index >= 15 is 0 Å². The molecule has 0 spiro atoms. The molecule has 1 atom stereocenters. The fourth-order valence-corrected chi connectivity index (χ4v) is 1.23. The van der Waals surface area contributed by atoms with Crippen molar-refractivity contribution in [3.63, 3.8) is 0 Å². The molecule has 0 aliphatic heterocycles. The number of benzene rings is 1. The van der Waals surface area contributed by atoms with Crippen LogP contribution in [0.25, 0.3) is 0 Å². The van der Waals surface area contributed by atoms with Crippen LogP contribution in [0.4, 0.5) is 5.69 Å². The van der Waals surface area contributed by atoms with E-state index in [2.05, 4.69) is 16.8 Å². The molecular formula is C13H15N3O. The average Bonchev–Trinajstić information content (AvgIpc) is 2.31. The van der Waals surface area contributed by atoms with Crippen molar-refractivity contribution in [3.8, 4) is 0 Å². The third-order valence-electron chi connectivity index (χ3n) is 2.24. The minimum atomic E-state index is -0.756. The topological polar surface area (TPSA) is 65.6 Å². The summed E-state index contributed by atoms with van der Waals surface area (Å²) in [6.45, 7) is 7.00. The molecule has 1 N–H and O–H groups in total. The van der Waals surface area contributed by atoms with Crippen LogP contribution in [0.1, 0.15) is 12.5 Å². The lowest BCUT2D eigenvalue weighted by atomic mass is 10.1. The third-order valence-corrected chi connectivity index (χ3v) is 2.24. The molecule has 1 unspecified atom stereocenters. The summed E-state index contributed by atoms with van der Waals surface area (Å²) in [6.07, 6.45) is 1.03. The summed E-state index contributed by atoms with van der Waals surface area (Å²) < 4.78 is 0. The minimum Gasteiger partial charge on any atom is -0.308 e. The van der Waals surface area contributed by atoms with Crippen LogP contribution in [0.5, 0.6) is 0 Å². The molecule has 0 fully saturated rings. The molecule has 0 aliphatic carbocycles. The molecular weight excluding hydrogens is 214 g/mol. The number of nitrogens with one attached hydrogen (secondary N) is 1. The van der Waals surface area contributed by atoms with E-state index in [0.29, 0.717) is 11.3 Å². The van der Waals surface area contributed by atoms with Gasteiger partial charge in [-0.15, -0.1) is 0 Å².